The van der Waals surface area contributed by atoms with Crippen molar-refractivity contribution in [2.75, 3.05) is 6.61 Å². The summed E-state index contributed by atoms with van der Waals surface area (Å²) in [6.07, 6.45) is 1.69. The zero-order chi connectivity index (χ0) is 16.2. The first-order valence-electron chi connectivity index (χ1n) is 7.17. The van der Waals surface area contributed by atoms with Gasteiger partial charge in [0, 0.05) is 10.0 Å². The van der Waals surface area contributed by atoms with Gasteiger partial charge in [-0.3, -0.25) is 0 Å². The Bertz CT molecular complexity index is 797. The predicted octanol–water partition coefficient (Wildman–Crippen LogP) is 4.19. The van der Waals surface area contributed by atoms with Gasteiger partial charge in [-0.1, -0.05) is 34.1 Å². The molecule has 2 aromatic carbocycles. The second kappa shape index (κ2) is 6.79. The van der Waals surface area contributed by atoms with E-state index in [0.29, 0.717) is 12.5 Å². The lowest BCUT2D eigenvalue weighted by atomic mass is 10.2. The van der Waals surface area contributed by atoms with Crippen LogP contribution in [0.3, 0.4) is 0 Å². The fourth-order valence-electron chi connectivity index (χ4n) is 2.15. The van der Waals surface area contributed by atoms with Crippen molar-refractivity contribution in [2.24, 2.45) is 4.99 Å². The van der Waals surface area contributed by atoms with Crippen molar-refractivity contribution in [1.29, 1.82) is 0 Å². The number of rotatable bonds is 4. The summed E-state index contributed by atoms with van der Waals surface area (Å²) >= 11 is 3.47. The summed E-state index contributed by atoms with van der Waals surface area (Å²) in [4.78, 5) is 16.3. The molecule has 116 valence electrons. The van der Waals surface area contributed by atoms with Gasteiger partial charge in [0.1, 0.15) is 5.75 Å². The second-order valence-corrected chi connectivity index (χ2v) is 5.67. The number of hydrogen-bond donors (Lipinski definition) is 0. The van der Waals surface area contributed by atoms with E-state index < -0.39 is 5.97 Å². The van der Waals surface area contributed by atoms with Crippen LogP contribution in [0.2, 0.25) is 0 Å². The molecule has 0 N–H and O–H groups in total. The Labute approximate surface area is 142 Å². The van der Waals surface area contributed by atoms with Gasteiger partial charge in [-0.05, 0) is 48.9 Å². The molecule has 0 amide bonds. The molecule has 0 saturated heterocycles. The average molecular weight is 372 g/mol. The van der Waals surface area contributed by atoms with Crippen molar-refractivity contribution in [3.63, 3.8) is 0 Å². The van der Waals surface area contributed by atoms with Gasteiger partial charge >= 0.3 is 5.97 Å². The van der Waals surface area contributed by atoms with E-state index in [1.807, 2.05) is 55.5 Å². The number of carbonyl (C=O) groups excluding carboxylic acids is 1. The van der Waals surface area contributed by atoms with Crippen LogP contribution in [0.1, 0.15) is 18.1 Å². The highest BCUT2D eigenvalue weighted by atomic mass is 79.9. The van der Waals surface area contributed by atoms with Gasteiger partial charge in [0.05, 0.1) is 6.61 Å². The molecule has 4 nitrogen and oxygen atoms in total. The topological polar surface area (TPSA) is 47.9 Å². The van der Waals surface area contributed by atoms with Gasteiger partial charge in [-0.15, -0.1) is 0 Å². The van der Waals surface area contributed by atoms with Crippen LogP contribution in [-0.2, 0) is 9.53 Å². The number of hydrogen-bond acceptors (Lipinski definition) is 4. The van der Waals surface area contributed by atoms with Gasteiger partial charge in [-0.2, -0.15) is 0 Å². The Balaban J connectivity index is 1.95. The van der Waals surface area contributed by atoms with Crippen LogP contribution in [0.4, 0.5) is 0 Å². The number of esters is 1. The number of benzene rings is 2. The third-order valence-corrected chi connectivity index (χ3v) is 3.93. The molecular weight excluding hydrogens is 358 g/mol. The summed E-state index contributed by atoms with van der Waals surface area (Å²) in [7, 11) is 0. The van der Waals surface area contributed by atoms with Crippen molar-refractivity contribution in [3.8, 4) is 5.75 Å². The minimum Gasteiger partial charge on any atom is -0.494 e. The molecule has 0 spiro atoms. The average Bonchev–Trinajstić information content (AvgIpc) is 2.93. The molecule has 23 heavy (non-hydrogen) atoms. The maximum atomic E-state index is 12.0. The van der Waals surface area contributed by atoms with Gasteiger partial charge < -0.3 is 9.47 Å². The van der Waals surface area contributed by atoms with Crippen LogP contribution in [-0.4, -0.2) is 18.5 Å². The van der Waals surface area contributed by atoms with Gasteiger partial charge in [0.25, 0.3) is 0 Å². The van der Waals surface area contributed by atoms with Crippen LogP contribution in [0.15, 0.2) is 63.7 Å². The van der Waals surface area contributed by atoms with Crippen LogP contribution >= 0.6 is 15.9 Å². The highest BCUT2D eigenvalue weighted by molar-refractivity contribution is 9.10. The summed E-state index contributed by atoms with van der Waals surface area (Å²) in [6, 6.07) is 14.9. The molecule has 0 saturated carbocycles. The molecular formula is C18H14BrNO3. The number of ether oxygens (including phenoxy) is 2. The lowest BCUT2D eigenvalue weighted by Crippen LogP contribution is -2.04. The van der Waals surface area contributed by atoms with E-state index in [1.165, 1.54) is 0 Å². The van der Waals surface area contributed by atoms with Crippen LogP contribution in [0.25, 0.3) is 6.08 Å². The van der Waals surface area contributed by atoms with Crippen molar-refractivity contribution in [1.82, 2.24) is 0 Å². The first kappa shape index (κ1) is 15.5. The minimum atomic E-state index is -0.461. The Kier molecular flexibility index (Phi) is 4.57. The first-order valence-corrected chi connectivity index (χ1v) is 7.97. The van der Waals surface area contributed by atoms with Crippen LogP contribution in [0.5, 0.6) is 5.75 Å². The molecule has 5 heteroatoms. The summed E-state index contributed by atoms with van der Waals surface area (Å²) in [6.45, 7) is 2.50. The smallest absolute Gasteiger partial charge is 0.363 e. The van der Waals surface area contributed by atoms with E-state index in [2.05, 4.69) is 20.9 Å². The van der Waals surface area contributed by atoms with E-state index >= 15 is 0 Å². The Morgan fingerprint density at radius 3 is 2.74 bits per heavy atom. The van der Waals surface area contributed by atoms with Gasteiger partial charge in [0.15, 0.2) is 5.70 Å². The molecule has 1 aliphatic heterocycles. The zero-order valence-corrected chi connectivity index (χ0v) is 14.0. The number of halogens is 1. The van der Waals surface area contributed by atoms with E-state index in [1.54, 1.807) is 6.08 Å². The largest absolute Gasteiger partial charge is 0.494 e. The molecule has 0 bridgehead atoms. The zero-order valence-electron chi connectivity index (χ0n) is 12.5. The molecule has 0 fully saturated rings. The quantitative estimate of drug-likeness (QED) is 0.597. The molecule has 1 aliphatic rings. The molecule has 0 unspecified atom stereocenters. The van der Waals surface area contributed by atoms with Crippen LogP contribution < -0.4 is 4.74 Å². The Morgan fingerprint density at radius 1 is 1.22 bits per heavy atom. The number of carbonyl (C=O) groups is 1. The maximum absolute atomic E-state index is 12.0. The van der Waals surface area contributed by atoms with Crippen molar-refractivity contribution < 1.29 is 14.3 Å². The summed E-state index contributed by atoms with van der Waals surface area (Å²) in [5, 5.41) is 0. The maximum Gasteiger partial charge on any atom is 0.363 e. The molecule has 1 heterocycles. The van der Waals surface area contributed by atoms with Crippen molar-refractivity contribution >= 4 is 33.9 Å². The lowest BCUT2D eigenvalue weighted by molar-refractivity contribution is -0.129. The highest BCUT2D eigenvalue weighted by Gasteiger charge is 2.24. The molecule has 0 atom stereocenters. The SMILES string of the molecule is CCOc1ccc(Br)c(/C=C2\N=C(c3ccccc3)OC2=O)c1. The third-order valence-electron chi connectivity index (χ3n) is 3.21. The van der Waals surface area contributed by atoms with Crippen molar-refractivity contribution in [3.05, 3.63) is 69.8 Å². The van der Waals surface area contributed by atoms with Gasteiger partial charge in [-0.25, -0.2) is 9.79 Å². The van der Waals surface area contributed by atoms with E-state index in [9.17, 15) is 4.79 Å². The number of nitrogens with zero attached hydrogens (tertiary/aromatic N) is 1. The Morgan fingerprint density at radius 2 is 2.00 bits per heavy atom. The summed E-state index contributed by atoms with van der Waals surface area (Å²) in [5.74, 6) is 0.595. The number of cyclic esters (lactones) is 1. The number of aliphatic imine (C=N–C) groups is 1. The van der Waals surface area contributed by atoms with E-state index in [-0.39, 0.29) is 5.70 Å². The Hall–Kier alpha value is -2.40. The molecule has 0 aliphatic carbocycles. The molecule has 2 aromatic rings. The summed E-state index contributed by atoms with van der Waals surface area (Å²) in [5.41, 5.74) is 1.84. The normalized spacial score (nSPS) is 15.5. The second-order valence-electron chi connectivity index (χ2n) is 4.82. The monoisotopic (exact) mass is 371 g/mol. The first-order chi connectivity index (χ1) is 11.2. The van der Waals surface area contributed by atoms with Crippen molar-refractivity contribution in [2.45, 2.75) is 6.92 Å². The molecule has 0 aromatic heterocycles. The summed E-state index contributed by atoms with van der Waals surface area (Å²) < 4.78 is 11.6. The minimum absolute atomic E-state index is 0.262. The third kappa shape index (κ3) is 3.51. The van der Waals surface area contributed by atoms with Crippen LogP contribution in [0, 0.1) is 0 Å². The fourth-order valence-corrected chi connectivity index (χ4v) is 2.51. The van der Waals surface area contributed by atoms with E-state index in [0.717, 1.165) is 21.3 Å². The van der Waals surface area contributed by atoms with E-state index in [4.69, 9.17) is 9.47 Å². The van der Waals surface area contributed by atoms with Gasteiger partial charge in [0.2, 0.25) is 5.90 Å². The highest BCUT2D eigenvalue weighted by Crippen LogP contribution is 2.27. The molecule has 3 rings (SSSR count). The molecule has 0 radical (unpaired) electrons. The lowest BCUT2D eigenvalue weighted by Gasteiger charge is -2.05. The fraction of sp³-hybridized carbons (Fsp3) is 0.111. The predicted molar refractivity (Wildman–Crippen MR) is 92.4 cm³/mol. The standard InChI is InChI=1S/C18H14BrNO3/c1-2-22-14-8-9-15(19)13(10-14)11-16-18(21)23-17(20-16)12-6-4-3-5-7-12/h3-11H,2H2,1H3/b16-11-.